The first kappa shape index (κ1) is 13.0. The minimum absolute atomic E-state index is 0.478. The van der Waals surface area contributed by atoms with Gasteiger partial charge in [0.15, 0.2) is 0 Å². The van der Waals surface area contributed by atoms with E-state index < -0.39 is 0 Å². The molecule has 1 unspecified atom stereocenters. The van der Waals surface area contributed by atoms with Crippen LogP contribution >= 0.6 is 0 Å². The first-order valence-electron chi connectivity index (χ1n) is 6.57. The highest BCUT2D eigenvalue weighted by Crippen LogP contribution is 2.29. The van der Waals surface area contributed by atoms with Crippen molar-refractivity contribution in [2.24, 2.45) is 5.92 Å². The molecule has 0 spiro atoms. The lowest BCUT2D eigenvalue weighted by Gasteiger charge is -2.29. The highest BCUT2D eigenvalue weighted by molar-refractivity contribution is 4.73. The predicted molar refractivity (Wildman–Crippen MR) is 63.1 cm³/mol. The molecule has 90 valence electrons. The van der Waals surface area contributed by atoms with Gasteiger partial charge in [0.1, 0.15) is 0 Å². The molecule has 0 aromatic rings. The molecule has 1 fully saturated rings. The topological polar surface area (TPSA) is 18.5 Å². The van der Waals surface area contributed by atoms with Gasteiger partial charge in [-0.15, -0.1) is 0 Å². The standard InChI is InChI=1S/C13H26O2/c1-3-13(15-11-10-14-4-2)12-8-6-5-7-9-12/h12-13H,3-11H2,1-2H3. The van der Waals surface area contributed by atoms with Crippen molar-refractivity contribution >= 4 is 0 Å². The molecule has 2 nitrogen and oxygen atoms in total. The average molecular weight is 214 g/mol. The summed E-state index contributed by atoms with van der Waals surface area (Å²) >= 11 is 0. The summed E-state index contributed by atoms with van der Waals surface area (Å²) < 4.78 is 11.2. The van der Waals surface area contributed by atoms with Crippen molar-refractivity contribution in [3.63, 3.8) is 0 Å². The van der Waals surface area contributed by atoms with Crippen LogP contribution < -0.4 is 0 Å². The smallest absolute Gasteiger partial charge is 0.0704 e. The summed E-state index contributed by atoms with van der Waals surface area (Å²) in [5.41, 5.74) is 0. The fourth-order valence-electron chi connectivity index (χ4n) is 2.50. The third-order valence-electron chi connectivity index (χ3n) is 3.34. The van der Waals surface area contributed by atoms with Crippen LogP contribution in [0.2, 0.25) is 0 Å². The Kier molecular flexibility index (Phi) is 7.03. The minimum atomic E-state index is 0.478. The maximum atomic E-state index is 5.91. The number of ether oxygens (including phenoxy) is 2. The predicted octanol–water partition coefficient (Wildman–Crippen LogP) is 3.40. The lowest BCUT2D eigenvalue weighted by atomic mass is 9.84. The quantitative estimate of drug-likeness (QED) is 0.605. The molecule has 1 saturated carbocycles. The molecular formula is C13H26O2. The Morgan fingerprint density at radius 1 is 1.07 bits per heavy atom. The Morgan fingerprint density at radius 2 is 1.80 bits per heavy atom. The fraction of sp³-hybridized carbons (Fsp3) is 1.00. The van der Waals surface area contributed by atoms with Crippen molar-refractivity contribution in [3.05, 3.63) is 0 Å². The van der Waals surface area contributed by atoms with Gasteiger partial charge in [0.2, 0.25) is 0 Å². The van der Waals surface area contributed by atoms with E-state index in [-0.39, 0.29) is 0 Å². The normalized spacial score (nSPS) is 20.4. The van der Waals surface area contributed by atoms with Crippen molar-refractivity contribution in [2.75, 3.05) is 19.8 Å². The summed E-state index contributed by atoms with van der Waals surface area (Å²) in [6.07, 6.45) is 8.58. The molecule has 1 rings (SSSR count). The Bertz CT molecular complexity index is 141. The third-order valence-corrected chi connectivity index (χ3v) is 3.34. The first-order valence-corrected chi connectivity index (χ1v) is 6.57. The molecule has 0 aliphatic heterocycles. The molecule has 0 N–H and O–H groups in total. The highest BCUT2D eigenvalue weighted by Gasteiger charge is 2.22. The maximum absolute atomic E-state index is 5.91. The summed E-state index contributed by atoms with van der Waals surface area (Å²) in [5.74, 6) is 0.811. The SMILES string of the molecule is CCOCCOC(CC)C1CCCCC1. The summed E-state index contributed by atoms with van der Waals surface area (Å²) in [6.45, 7) is 6.57. The molecule has 1 aliphatic rings. The monoisotopic (exact) mass is 214 g/mol. The van der Waals surface area contributed by atoms with E-state index in [2.05, 4.69) is 6.92 Å². The van der Waals surface area contributed by atoms with Crippen molar-refractivity contribution in [1.29, 1.82) is 0 Å². The summed E-state index contributed by atoms with van der Waals surface area (Å²) in [4.78, 5) is 0. The highest BCUT2D eigenvalue weighted by atomic mass is 16.5. The molecule has 2 heteroatoms. The van der Waals surface area contributed by atoms with E-state index in [1.165, 1.54) is 32.1 Å². The Balaban J connectivity index is 2.15. The zero-order chi connectivity index (χ0) is 10.9. The van der Waals surface area contributed by atoms with Gasteiger partial charge in [0, 0.05) is 6.61 Å². The van der Waals surface area contributed by atoms with Crippen LogP contribution in [-0.4, -0.2) is 25.9 Å². The minimum Gasteiger partial charge on any atom is -0.379 e. The van der Waals surface area contributed by atoms with Gasteiger partial charge in [-0.05, 0) is 32.1 Å². The molecule has 0 amide bonds. The molecule has 0 saturated heterocycles. The number of rotatable bonds is 7. The summed E-state index contributed by atoms with van der Waals surface area (Å²) in [5, 5.41) is 0. The van der Waals surface area contributed by atoms with Crippen molar-refractivity contribution in [1.82, 2.24) is 0 Å². The molecule has 15 heavy (non-hydrogen) atoms. The van der Waals surface area contributed by atoms with Gasteiger partial charge in [0.05, 0.1) is 19.3 Å². The first-order chi connectivity index (χ1) is 7.38. The van der Waals surface area contributed by atoms with Crippen LogP contribution in [0.1, 0.15) is 52.4 Å². The summed E-state index contributed by atoms with van der Waals surface area (Å²) in [7, 11) is 0. The van der Waals surface area contributed by atoms with Gasteiger partial charge < -0.3 is 9.47 Å². The molecule has 1 aliphatic carbocycles. The number of hydrogen-bond donors (Lipinski definition) is 0. The largest absolute Gasteiger partial charge is 0.379 e. The third kappa shape index (κ3) is 4.98. The van der Waals surface area contributed by atoms with Crippen LogP contribution in [0.3, 0.4) is 0 Å². The molecule has 1 atom stereocenters. The van der Waals surface area contributed by atoms with E-state index in [1.54, 1.807) is 0 Å². The molecule has 0 aromatic carbocycles. The van der Waals surface area contributed by atoms with Gasteiger partial charge in [-0.25, -0.2) is 0 Å². The van der Waals surface area contributed by atoms with E-state index >= 15 is 0 Å². The van der Waals surface area contributed by atoms with Gasteiger partial charge in [-0.2, -0.15) is 0 Å². The van der Waals surface area contributed by atoms with Crippen molar-refractivity contribution in [2.45, 2.75) is 58.5 Å². The van der Waals surface area contributed by atoms with Gasteiger partial charge in [-0.1, -0.05) is 26.2 Å². The van der Waals surface area contributed by atoms with Gasteiger partial charge in [-0.3, -0.25) is 0 Å². The zero-order valence-corrected chi connectivity index (χ0v) is 10.3. The van der Waals surface area contributed by atoms with E-state index in [1.807, 2.05) is 6.92 Å². The van der Waals surface area contributed by atoms with E-state index in [0.717, 1.165) is 32.2 Å². The van der Waals surface area contributed by atoms with Crippen LogP contribution in [-0.2, 0) is 9.47 Å². The second-order valence-corrected chi connectivity index (χ2v) is 4.41. The second-order valence-electron chi connectivity index (χ2n) is 4.41. The number of hydrogen-bond acceptors (Lipinski definition) is 2. The fourth-order valence-corrected chi connectivity index (χ4v) is 2.50. The van der Waals surface area contributed by atoms with E-state index in [0.29, 0.717) is 6.10 Å². The van der Waals surface area contributed by atoms with Gasteiger partial charge >= 0.3 is 0 Å². The molecule has 0 radical (unpaired) electrons. The Hall–Kier alpha value is -0.0800. The average Bonchev–Trinajstić information content (AvgIpc) is 2.30. The van der Waals surface area contributed by atoms with Crippen LogP contribution in [0.25, 0.3) is 0 Å². The van der Waals surface area contributed by atoms with Crippen LogP contribution in [0, 0.1) is 5.92 Å². The van der Waals surface area contributed by atoms with Crippen LogP contribution in [0.15, 0.2) is 0 Å². The lowest BCUT2D eigenvalue weighted by molar-refractivity contribution is -0.0291. The Morgan fingerprint density at radius 3 is 2.40 bits per heavy atom. The molecule has 0 heterocycles. The second kappa shape index (κ2) is 8.12. The Labute approximate surface area is 94.3 Å². The van der Waals surface area contributed by atoms with Crippen molar-refractivity contribution < 1.29 is 9.47 Å². The maximum Gasteiger partial charge on any atom is 0.0704 e. The molecule has 0 bridgehead atoms. The summed E-state index contributed by atoms with van der Waals surface area (Å²) in [6, 6.07) is 0. The van der Waals surface area contributed by atoms with E-state index in [9.17, 15) is 0 Å². The van der Waals surface area contributed by atoms with Crippen LogP contribution in [0.5, 0.6) is 0 Å². The lowest BCUT2D eigenvalue weighted by Crippen LogP contribution is -2.26. The zero-order valence-electron chi connectivity index (χ0n) is 10.3. The van der Waals surface area contributed by atoms with E-state index in [4.69, 9.17) is 9.47 Å². The van der Waals surface area contributed by atoms with Crippen LogP contribution in [0.4, 0.5) is 0 Å². The van der Waals surface area contributed by atoms with Crippen molar-refractivity contribution in [3.8, 4) is 0 Å². The van der Waals surface area contributed by atoms with Gasteiger partial charge in [0.25, 0.3) is 0 Å². The molecule has 0 aromatic heterocycles. The molecular weight excluding hydrogens is 188 g/mol.